The predicted octanol–water partition coefficient (Wildman–Crippen LogP) is 4.91. The molecule has 6 heteroatoms. The van der Waals surface area contributed by atoms with E-state index in [-0.39, 0.29) is 17.6 Å². The summed E-state index contributed by atoms with van der Waals surface area (Å²) < 4.78 is 14.8. The number of fused-ring (bicyclic) bond motifs is 1. The first-order valence-electron chi connectivity index (χ1n) is 9.20. The molecule has 4 nitrogen and oxygen atoms in total. The zero-order chi connectivity index (χ0) is 19.0. The summed E-state index contributed by atoms with van der Waals surface area (Å²) in [5, 5.41) is 3.88. The summed E-state index contributed by atoms with van der Waals surface area (Å²) in [5.41, 5.74) is 3.55. The van der Waals surface area contributed by atoms with E-state index in [0.717, 1.165) is 46.0 Å². The zero-order valence-corrected chi connectivity index (χ0v) is 16.3. The number of nitrogens with one attached hydrogen (secondary N) is 1. The van der Waals surface area contributed by atoms with Crippen molar-refractivity contribution in [1.29, 1.82) is 0 Å². The lowest BCUT2D eigenvalue weighted by Crippen LogP contribution is -2.40. The highest BCUT2D eigenvalue weighted by Gasteiger charge is 2.28. The van der Waals surface area contributed by atoms with Gasteiger partial charge in [0, 0.05) is 18.8 Å². The Bertz CT molecular complexity index is 1000. The number of para-hydroxylation sites is 1. The fourth-order valence-electron chi connectivity index (χ4n) is 3.52. The largest absolute Gasteiger partial charge is 0.347 e. The summed E-state index contributed by atoms with van der Waals surface area (Å²) in [6.45, 7) is 5.51. The van der Waals surface area contributed by atoms with Crippen LogP contribution in [0.5, 0.6) is 0 Å². The third-order valence-electron chi connectivity index (χ3n) is 5.28. The van der Waals surface area contributed by atoms with Crippen LogP contribution in [0.1, 0.15) is 24.0 Å². The Morgan fingerprint density at radius 3 is 2.89 bits per heavy atom. The Morgan fingerprint density at radius 1 is 1.26 bits per heavy atom. The molecule has 0 bridgehead atoms. The maximum Gasteiger partial charge on any atom is 0.229 e. The maximum atomic E-state index is 13.9. The van der Waals surface area contributed by atoms with E-state index in [1.807, 2.05) is 38.1 Å². The number of benzene rings is 2. The molecule has 2 aromatic carbocycles. The van der Waals surface area contributed by atoms with Gasteiger partial charge in [-0.3, -0.25) is 4.79 Å². The van der Waals surface area contributed by atoms with E-state index < -0.39 is 0 Å². The standard InChI is InChI=1S/C21H22FN3OS/c1-13-6-3-9-17(14(13)2)23-20(26)15-7-5-11-25(12-15)21-24-19-16(22)8-4-10-18(19)27-21/h3-4,6,8-10,15H,5,7,11-12H2,1-2H3,(H,23,26). The second-order valence-corrected chi connectivity index (χ2v) is 8.11. The van der Waals surface area contributed by atoms with E-state index in [2.05, 4.69) is 15.2 Å². The number of hydrogen-bond donors (Lipinski definition) is 1. The highest BCUT2D eigenvalue weighted by Crippen LogP contribution is 2.33. The minimum absolute atomic E-state index is 0.0423. The summed E-state index contributed by atoms with van der Waals surface area (Å²) in [6, 6.07) is 11.0. The van der Waals surface area contributed by atoms with Crippen molar-refractivity contribution < 1.29 is 9.18 Å². The highest BCUT2D eigenvalue weighted by molar-refractivity contribution is 7.22. The highest BCUT2D eigenvalue weighted by atomic mass is 32.1. The molecule has 3 aromatic rings. The lowest BCUT2D eigenvalue weighted by molar-refractivity contribution is -0.120. The molecule has 1 aliphatic heterocycles. The molecule has 1 fully saturated rings. The first kappa shape index (κ1) is 17.9. The number of nitrogens with zero attached hydrogens (tertiary/aromatic N) is 2. The summed E-state index contributed by atoms with van der Waals surface area (Å²) in [6.07, 6.45) is 1.77. The van der Waals surface area contributed by atoms with Gasteiger partial charge in [-0.15, -0.1) is 0 Å². The van der Waals surface area contributed by atoms with Crippen LogP contribution in [0, 0.1) is 25.6 Å². The average Bonchev–Trinajstić information content (AvgIpc) is 3.11. The van der Waals surface area contributed by atoms with Crippen molar-refractivity contribution >= 4 is 38.3 Å². The van der Waals surface area contributed by atoms with Gasteiger partial charge in [-0.25, -0.2) is 9.37 Å². The molecule has 1 amide bonds. The van der Waals surface area contributed by atoms with E-state index in [1.165, 1.54) is 17.4 Å². The van der Waals surface area contributed by atoms with Gasteiger partial charge in [0.25, 0.3) is 0 Å². The lowest BCUT2D eigenvalue weighted by Gasteiger charge is -2.31. The van der Waals surface area contributed by atoms with Gasteiger partial charge < -0.3 is 10.2 Å². The number of amides is 1. The van der Waals surface area contributed by atoms with Gasteiger partial charge in [0.1, 0.15) is 11.3 Å². The molecule has 2 heterocycles. The van der Waals surface area contributed by atoms with Gasteiger partial charge in [0.2, 0.25) is 5.91 Å². The SMILES string of the molecule is Cc1cccc(NC(=O)C2CCCN(c3nc4c(F)cccc4s3)C2)c1C. The Morgan fingerprint density at radius 2 is 2.07 bits per heavy atom. The van der Waals surface area contributed by atoms with Crippen molar-refractivity contribution in [3.63, 3.8) is 0 Å². The van der Waals surface area contributed by atoms with E-state index in [9.17, 15) is 9.18 Å². The zero-order valence-electron chi connectivity index (χ0n) is 15.5. The van der Waals surface area contributed by atoms with Crippen LogP contribution in [-0.4, -0.2) is 24.0 Å². The number of carbonyl (C=O) groups is 1. The van der Waals surface area contributed by atoms with Crippen molar-refractivity contribution in [1.82, 2.24) is 4.98 Å². The van der Waals surface area contributed by atoms with Crippen molar-refractivity contribution in [3.05, 3.63) is 53.3 Å². The number of rotatable bonds is 3. The smallest absolute Gasteiger partial charge is 0.229 e. The average molecular weight is 383 g/mol. The van der Waals surface area contributed by atoms with Crippen LogP contribution in [0.25, 0.3) is 10.2 Å². The summed E-state index contributed by atoms with van der Waals surface area (Å²) in [7, 11) is 0. The van der Waals surface area contributed by atoms with Crippen LogP contribution in [0.2, 0.25) is 0 Å². The molecule has 1 atom stereocenters. The minimum atomic E-state index is -0.295. The number of hydrogen-bond acceptors (Lipinski definition) is 4. The monoisotopic (exact) mass is 383 g/mol. The van der Waals surface area contributed by atoms with Crippen LogP contribution in [0.4, 0.5) is 15.2 Å². The molecular weight excluding hydrogens is 361 g/mol. The van der Waals surface area contributed by atoms with Crippen LogP contribution >= 0.6 is 11.3 Å². The molecule has 0 saturated carbocycles. The number of piperidine rings is 1. The lowest BCUT2D eigenvalue weighted by atomic mass is 9.97. The van der Waals surface area contributed by atoms with Gasteiger partial charge in [-0.1, -0.05) is 29.5 Å². The maximum absolute atomic E-state index is 13.9. The van der Waals surface area contributed by atoms with Gasteiger partial charge in [0.05, 0.1) is 10.6 Å². The van der Waals surface area contributed by atoms with Crippen molar-refractivity contribution in [2.24, 2.45) is 5.92 Å². The summed E-state index contributed by atoms with van der Waals surface area (Å²) in [5.74, 6) is -0.354. The van der Waals surface area contributed by atoms with Crippen LogP contribution in [-0.2, 0) is 4.79 Å². The Balaban J connectivity index is 1.51. The molecule has 1 aliphatic rings. The number of thiazole rings is 1. The number of aromatic nitrogens is 1. The number of halogens is 1. The van der Waals surface area contributed by atoms with Gasteiger partial charge >= 0.3 is 0 Å². The van der Waals surface area contributed by atoms with Crippen molar-refractivity contribution in [2.75, 3.05) is 23.3 Å². The molecule has 1 unspecified atom stereocenters. The molecule has 1 aromatic heterocycles. The Kier molecular flexibility index (Phi) is 4.83. The molecule has 140 valence electrons. The van der Waals surface area contributed by atoms with Crippen molar-refractivity contribution in [3.8, 4) is 0 Å². The third-order valence-corrected chi connectivity index (χ3v) is 6.37. The first-order chi connectivity index (χ1) is 13.0. The van der Waals surface area contributed by atoms with Crippen LogP contribution in [0.15, 0.2) is 36.4 Å². The van der Waals surface area contributed by atoms with E-state index in [4.69, 9.17) is 0 Å². The second-order valence-electron chi connectivity index (χ2n) is 7.10. The van der Waals surface area contributed by atoms with E-state index in [1.54, 1.807) is 6.07 Å². The van der Waals surface area contributed by atoms with Crippen LogP contribution < -0.4 is 10.2 Å². The molecule has 1 saturated heterocycles. The molecule has 27 heavy (non-hydrogen) atoms. The molecule has 0 spiro atoms. The van der Waals surface area contributed by atoms with Gasteiger partial charge in [-0.05, 0) is 56.0 Å². The number of anilines is 2. The Labute approximate surface area is 162 Å². The first-order valence-corrected chi connectivity index (χ1v) is 10.0. The quantitative estimate of drug-likeness (QED) is 0.699. The molecule has 1 N–H and O–H groups in total. The second kappa shape index (κ2) is 7.27. The molecule has 4 rings (SSSR count). The van der Waals surface area contributed by atoms with Crippen LogP contribution in [0.3, 0.4) is 0 Å². The van der Waals surface area contributed by atoms with Crippen molar-refractivity contribution in [2.45, 2.75) is 26.7 Å². The summed E-state index contributed by atoms with van der Waals surface area (Å²) >= 11 is 1.48. The third kappa shape index (κ3) is 3.54. The van der Waals surface area contributed by atoms with Gasteiger partial charge in [-0.2, -0.15) is 0 Å². The van der Waals surface area contributed by atoms with E-state index in [0.29, 0.717) is 12.1 Å². The summed E-state index contributed by atoms with van der Waals surface area (Å²) in [4.78, 5) is 19.4. The fourth-order valence-corrected chi connectivity index (χ4v) is 4.54. The number of carbonyl (C=O) groups excluding carboxylic acids is 1. The normalized spacial score (nSPS) is 17.3. The molecule has 0 radical (unpaired) electrons. The molecular formula is C21H22FN3OS. The number of aryl methyl sites for hydroxylation is 1. The minimum Gasteiger partial charge on any atom is -0.347 e. The molecule has 0 aliphatic carbocycles. The topological polar surface area (TPSA) is 45.2 Å². The predicted molar refractivity (Wildman–Crippen MR) is 109 cm³/mol. The Hall–Kier alpha value is -2.47. The van der Waals surface area contributed by atoms with Gasteiger partial charge in [0.15, 0.2) is 5.13 Å². The van der Waals surface area contributed by atoms with E-state index >= 15 is 0 Å². The fraction of sp³-hybridized carbons (Fsp3) is 0.333.